The van der Waals surface area contributed by atoms with Crippen LogP contribution in [0.3, 0.4) is 0 Å². The summed E-state index contributed by atoms with van der Waals surface area (Å²) in [4.78, 5) is 24.6. The van der Waals surface area contributed by atoms with Gasteiger partial charge in [-0.2, -0.15) is 4.89 Å². The third-order valence-corrected chi connectivity index (χ3v) is 22.6. The highest BCUT2D eigenvalue weighted by Gasteiger charge is 2.61. The van der Waals surface area contributed by atoms with Gasteiger partial charge in [-0.3, -0.25) is 0 Å². The van der Waals surface area contributed by atoms with E-state index in [2.05, 4.69) is 26.8 Å². The second-order valence-corrected chi connectivity index (χ2v) is 27.6. The molecule has 11 aliphatic rings. The summed E-state index contributed by atoms with van der Waals surface area (Å²) in [6, 6.07) is 0. The molecular weight excluding hydrogens is 1140 g/mol. The lowest BCUT2D eigenvalue weighted by atomic mass is 9.47. The summed E-state index contributed by atoms with van der Waals surface area (Å²) in [5.41, 5.74) is 1.92. The van der Waals surface area contributed by atoms with E-state index in [1.165, 1.54) is 31.9 Å². The summed E-state index contributed by atoms with van der Waals surface area (Å²) in [6.45, 7) is 16.3. The average Bonchev–Trinajstić information content (AvgIpc) is 1.73. The van der Waals surface area contributed by atoms with Gasteiger partial charge in [-0.1, -0.05) is 25.5 Å². The fraction of sp³-hybridized carbons (Fsp3) is 0.968. The highest BCUT2D eigenvalue weighted by Crippen LogP contribution is 2.67. The molecule has 0 aromatic carbocycles. The molecule has 87 heavy (non-hydrogen) atoms. The van der Waals surface area contributed by atoms with Crippen molar-refractivity contribution in [2.45, 2.75) is 304 Å². The largest absolute Gasteiger partial charge is 0.394 e. The maximum Gasteiger partial charge on any atom is 0.228 e. The van der Waals surface area contributed by atoms with Crippen LogP contribution in [0.4, 0.5) is 0 Å². The van der Waals surface area contributed by atoms with Crippen molar-refractivity contribution in [2.75, 3.05) is 48.8 Å². The summed E-state index contributed by atoms with van der Waals surface area (Å²) in [6.07, 6.45) is -4.01. The highest BCUT2D eigenvalue weighted by molar-refractivity contribution is 5.25. The van der Waals surface area contributed by atoms with Gasteiger partial charge in [0.1, 0.15) is 61.5 Å². The van der Waals surface area contributed by atoms with Crippen molar-refractivity contribution in [2.24, 2.45) is 34.5 Å². The Balaban J connectivity index is 0.633. The Morgan fingerprint density at radius 1 is 0.609 bits per heavy atom. The molecule has 0 aromatic heterocycles. The number of methoxy groups -OCH3 is 5. The van der Waals surface area contributed by atoms with Gasteiger partial charge in [0, 0.05) is 67.7 Å². The second kappa shape index (κ2) is 28.0. The molecule has 33 atom stereocenters. The minimum absolute atomic E-state index is 0.00378. The number of hydrogen-bond donors (Lipinski definition) is 4. The van der Waals surface area contributed by atoms with Crippen molar-refractivity contribution < 1.29 is 116 Å². The van der Waals surface area contributed by atoms with Crippen LogP contribution in [-0.4, -0.2) is 235 Å². The normalized spacial score (nSPS) is 52.4. The van der Waals surface area contributed by atoms with Crippen molar-refractivity contribution in [3.8, 4) is 0 Å². The van der Waals surface area contributed by atoms with E-state index in [0.29, 0.717) is 36.5 Å². The number of aliphatic hydroxyl groups excluding tert-OH is 4. The Hall–Kier alpha value is -1.22. The number of hydrogen-bond acceptors (Lipinski definition) is 24. The lowest BCUT2D eigenvalue weighted by Gasteiger charge is -2.58. The van der Waals surface area contributed by atoms with E-state index in [1.54, 1.807) is 35.4 Å². The van der Waals surface area contributed by atoms with Crippen LogP contribution in [-0.2, 0) is 95.3 Å². The van der Waals surface area contributed by atoms with Crippen LogP contribution in [0.5, 0.6) is 0 Å². The molecule has 3 saturated carbocycles. The first-order valence-electron chi connectivity index (χ1n) is 32.5. The predicted octanol–water partition coefficient (Wildman–Crippen LogP) is 5.08. The van der Waals surface area contributed by atoms with Crippen molar-refractivity contribution >= 4 is 0 Å². The maximum atomic E-state index is 11.0. The summed E-state index contributed by atoms with van der Waals surface area (Å²) < 4.78 is 100. The van der Waals surface area contributed by atoms with Crippen LogP contribution in [0, 0.1) is 34.5 Å². The predicted molar refractivity (Wildman–Crippen MR) is 303 cm³/mol. The smallest absolute Gasteiger partial charge is 0.228 e. The van der Waals surface area contributed by atoms with E-state index in [1.807, 2.05) is 27.7 Å². The van der Waals surface area contributed by atoms with Gasteiger partial charge in [0.15, 0.2) is 31.5 Å². The summed E-state index contributed by atoms with van der Waals surface area (Å²) >= 11 is 0. The highest BCUT2D eigenvalue weighted by atomic mass is 17.2. The second-order valence-electron chi connectivity index (χ2n) is 27.6. The Bertz CT molecular complexity index is 2250. The zero-order valence-electron chi connectivity index (χ0n) is 53.5. The molecule has 7 saturated heterocycles. The number of ether oxygens (including phenoxy) is 16. The zero-order valence-corrected chi connectivity index (χ0v) is 53.5. The SMILES string of the molecule is CO[C@H]1[C@@H](O)[C@@H](CO)O[C@@H](O[C@H]2[C@@H](OC)C[C@H](O[C@H]3[C@@H](OC)C[C@H](O[C@H]4[C@@H](OC)C[C@H](OO[C@@H]5[C@@H](C)O[C@]6(CO[C@@H]7C[C@H](OC(C)[C@H]8CC[C@H]9[C@@H]%10CC=C%11C[C@@H](O)CC[C@]%11(C)[C@H]%10CC[C@]89C)O[C@H](C)[C@H]7OO6)C[C@H]5OC)O[C@@H]4C)O[C@@H]3C)O[C@@H]2C)[C@@H]1O. The van der Waals surface area contributed by atoms with Crippen LogP contribution in [0.1, 0.15) is 139 Å². The van der Waals surface area contributed by atoms with E-state index in [-0.39, 0.29) is 61.1 Å². The van der Waals surface area contributed by atoms with Gasteiger partial charge in [0.2, 0.25) is 5.79 Å². The van der Waals surface area contributed by atoms with E-state index in [0.717, 1.165) is 32.1 Å². The Morgan fingerprint density at radius 2 is 1.23 bits per heavy atom. The Morgan fingerprint density at radius 3 is 1.86 bits per heavy atom. The topological polar surface area (TPSA) is 266 Å². The van der Waals surface area contributed by atoms with Crippen molar-refractivity contribution in [1.82, 2.24) is 0 Å². The molecule has 4 aliphatic carbocycles. The molecule has 0 bridgehead atoms. The molecule has 7 heterocycles. The summed E-state index contributed by atoms with van der Waals surface area (Å²) in [5.74, 6) is 1.15. The van der Waals surface area contributed by atoms with Crippen LogP contribution in [0.25, 0.3) is 0 Å². The molecule has 500 valence electrons. The number of rotatable bonds is 18. The molecule has 7 aliphatic heterocycles. The van der Waals surface area contributed by atoms with Gasteiger partial charge in [0.05, 0.1) is 79.9 Å². The fourth-order valence-corrected chi connectivity index (χ4v) is 17.9. The summed E-state index contributed by atoms with van der Waals surface area (Å²) in [7, 11) is 7.74. The Labute approximate surface area is 513 Å². The molecule has 0 amide bonds. The molecule has 4 N–H and O–H groups in total. The van der Waals surface area contributed by atoms with Crippen molar-refractivity contribution in [3.63, 3.8) is 0 Å². The average molecular weight is 1250 g/mol. The number of aliphatic hydroxyl groups is 4. The van der Waals surface area contributed by atoms with Crippen LogP contribution >= 0.6 is 0 Å². The van der Waals surface area contributed by atoms with Crippen LogP contribution in [0.15, 0.2) is 11.6 Å². The van der Waals surface area contributed by atoms with Gasteiger partial charge in [0.25, 0.3) is 0 Å². The zero-order chi connectivity index (χ0) is 61.9. The minimum atomic E-state index is -1.35. The first-order chi connectivity index (χ1) is 41.7. The van der Waals surface area contributed by atoms with Crippen molar-refractivity contribution in [3.05, 3.63) is 11.6 Å². The minimum Gasteiger partial charge on any atom is -0.394 e. The first-order valence-corrected chi connectivity index (χ1v) is 32.5. The Kier molecular flexibility index (Phi) is 21.6. The van der Waals surface area contributed by atoms with Crippen LogP contribution in [0.2, 0.25) is 0 Å². The van der Waals surface area contributed by atoms with Gasteiger partial charge >= 0.3 is 0 Å². The lowest BCUT2D eigenvalue weighted by molar-refractivity contribution is -0.491. The molecular formula is C63H104O24. The van der Waals surface area contributed by atoms with Crippen molar-refractivity contribution in [1.29, 1.82) is 0 Å². The summed E-state index contributed by atoms with van der Waals surface area (Å²) in [5, 5.41) is 41.8. The lowest BCUT2D eigenvalue weighted by Crippen LogP contribution is -2.62. The molecule has 10 fully saturated rings. The molecule has 0 aromatic rings. The molecule has 11 rings (SSSR count). The third-order valence-electron chi connectivity index (χ3n) is 22.6. The van der Waals surface area contributed by atoms with E-state index < -0.39 is 148 Å². The van der Waals surface area contributed by atoms with Gasteiger partial charge in [-0.15, -0.1) is 0 Å². The molecule has 1 spiro atoms. The van der Waals surface area contributed by atoms with Gasteiger partial charge < -0.3 is 96.2 Å². The molecule has 0 radical (unpaired) electrons. The third kappa shape index (κ3) is 13.5. The fourth-order valence-electron chi connectivity index (χ4n) is 17.9. The monoisotopic (exact) mass is 1240 g/mol. The van der Waals surface area contributed by atoms with E-state index >= 15 is 0 Å². The van der Waals surface area contributed by atoms with E-state index in [4.69, 9.17) is 95.3 Å². The number of allylic oxidation sites excluding steroid dienone is 1. The van der Waals surface area contributed by atoms with Gasteiger partial charge in [-0.25, -0.2) is 14.7 Å². The maximum absolute atomic E-state index is 11.0. The molecule has 1 unspecified atom stereocenters. The first kappa shape index (κ1) is 67.2. The molecule has 24 nitrogen and oxygen atoms in total. The van der Waals surface area contributed by atoms with Gasteiger partial charge in [-0.05, 0) is 127 Å². The quantitative estimate of drug-likeness (QED) is 0.0792. The molecule has 24 heteroatoms. The van der Waals surface area contributed by atoms with Crippen LogP contribution < -0.4 is 0 Å². The standard InChI is InChI=1S/C63H104O24/c1-30(39-16-17-40-38-15-14-36-22-37(65)18-20-61(36,7)41(38)19-21-62(39,40)8)74-48-26-45-57(34(5)77-48)86-87-63(29-73-45)27-46(71-12)58(35(6)83-63)85-84-51-25-44(70-11)55(32(3)78-51)81-49-23-42(68-9)54(31(2)75-49)80-50-24-43(69-10)56(33(4)76-50)82-60-53(67)59(72-13)52(66)47(28-64)79-60/h14,30-35,37-60,64-67H,15-29H2,1-13H3/t30?,31-,32-,33-,34-,35-,37+,38+,39-,40+,41+,42+,43+,44+,45-,46-,47-,48-,49+,50+,51+,52+,53-,54-,55-,56-,57-,58-,59+,60+,61+,62-,63-/m1/s1. The van der Waals surface area contributed by atoms with E-state index in [9.17, 15) is 20.4 Å². The number of fused-ring (bicyclic) bond motifs is 6.